The standard InChI is InChI=1S/C17H36O.H2O4S/c1-4-16(2)13-11-9-7-5-6-8-10-12-14-17(3)15-18;1-5(2,3)4/h16-18H,4-15H2,1-3H3;(H2,1,2,3,4). The first-order valence-electron chi connectivity index (χ1n) is 9.01. The number of aliphatic hydroxyl groups is 1. The third-order valence-corrected chi connectivity index (χ3v) is 4.15. The molecule has 0 saturated heterocycles. The Labute approximate surface area is 143 Å². The minimum absolute atomic E-state index is 0.357. The summed E-state index contributed by atoms with van der Waals surface area (Å²) < 4.78 is 31.6. The van der Waals surface area contributed by atoms with Crippen LogP contribution in [0.5, 0.6) is 0 Å². The zero-order valence-electron chi connectivity index (χ0n) is 15.2. The van der Waals surface area contributed by atoms with E-state index in [1.165, 1.54) is 70.6 Å². The Kier molecular flexibility index (Phi) is 18.2. The van der Waals surface area contributed by atoms with E-state index in [1.54, 1.807) is 0 Å². The highest BCUT2D eigenvalue weighted by Gasteiger charge is 2.00. The van der Waals surface area contributed by atoms with Crippen molar-refractivity contribution in [2.24, 2.45) is 11.8 Å². The van der Waals surface area contributed by atoms with Gasteiger partial charge in [-0.2, -0.15) is 8.42 Å². The van der Waals surface area contributed by atoms with Crippen LogP contribution in [0.1, 0.15) is 91.4 Å². The molecular weight excluding hydrogens is 316 g/mol. The van der Waals surface area contributed by atoms with Gasteiger partial charge in [-0.05, 0) is 18.3 Å². The first kappa shape index (κ1) is 25.1. The molecule has 0 heterocycles. The SMILES string of the molecule is CCC(C)CCCCCCCCCCC(C)CO.O=S(=O)(O)O. The van der Waals surface area contributed by atoms with Crippen LogP contribution in [0, 0.1) is 11.8 Å². The summed E-state index contributed by atoms with van der Waals surface area (Å²) in [6.07, 6.45) is 15.2. The summed E-state index contributed by atoms with van der Waals surface area (Å²) >= 11 is 0. The topological polar surface area (TPSA) is 94.8 Å². The van der Waals surface area contributed by atoms with Crippen LogP contribution in [0.25, 0.3) is 0 Å². The Morgan fingerprint density at radius 1 is 0.739 bits per heavy atom. The second kappa shape index (κ2) is 16.7. The van der Waals surface area contributed by atoms with Crippen LogP contribution in [0.3, 0.4) is 0 Å². The molecule has 23 heavy (non-hydrogen) atoms. The highest BCUT2D eigenvalue weighted by atomic mass is 32.3. The normalized spacial score (nSPS) is 14.0. The lowest BCUT2D eigenvalue weighted by Gasteiger charge is -2.08. The van der Waals surface area contributed by atoms with Crippen LogP contribution in [0.15, 0.2) is 0 Å². The molecule has 0 saturated carbocycles. The lowest BCUT2D eigenvalue weighted by Crippen LogP contribution is -1.99. The summed E-state index contributed by atoms with van der Waals surface area (Å²) in [7, 11) is -4.67. The van der Waals surface area contributed by atoms with Gasteiger partial charge in [0, 0.05) is 6.61 Å². The fourth-order valence-electron chi connectivity index (χ4n) is 2.34. The fourth-order valence-corrected chi connectivity index (χ4v) is 2.34. The van der Waals surface area contributed by atoms with E-state index in [1.807, 2.05) is 0 Å². The maximum absolute atomic E-state index is 8.91. The van der Waals surface area contributed by atoms with Crippen LogP contribution >= 0.6 is 0 Å². The van der Waals surface area contributed by atoms with E-state index in [2.05, 4.69) is 20.8 Å². The van der Waals surface area contributed by atoms with Gasteiger partial charge in [-0.15, -0.1) is 0 Å². The van der Waals surface area contributed by atoms with Gasteiger partial charge in [0.25, 0.3) is 0 Å². The first-order chi connectivity index (χ1) is 10.7. The summed E-state index contributed by atoms with van der Waals surface area (Å²) in [4.78, 5) is 0. The summed E-state index contributed by atoms with van der Waals surface area (Å²) in [6, 6.07) is 0. The zero-order valence-corrected chi connectivity index (χ0v) is 16.0. The van der Waals surface area contributed by atoms with Crippen molar-refractivity contribution in [1.29, 1.82) is 0 Å². The highest BCUT2D eigenvalue weighted by molar-refractivity contribution is 7.79. The van der Waals surface area contributed by atoms with E-state index in [-0.39, 0.29) is 0 Å². The molecule has 0 bridgehead atoms. The molecule has 0 rings (SSSR count). The predicted octanol–water partition coefficient (Wildman–Crippen LogP) is 4.91. The van der Waals surface area contributed by atoms with Crippen molar-refractivity contribution < 1.29 is 22.6 Å². The predicted molar refractivity (Wildman–Crippen MR) is 96.1 cm³/mol. The minimum atomic E-state index is -4.67. The number of hydrogen-bond donors (Lipinski definition) is 3. The maximum Gasteiger partial charge on any atom is 0.394 e. The summed E-state index contributed by atoms with van der Waals surface area (Å²) in [6.45, 7) is 7.16. The van der Waals surface area contributed by atoms with Gasteiger partial charge in [0.2, 0.25) is 0 Å². The number of hydrogen-bond acceptors (Lipinski definition) is 3. The van der Waals surface area contributed by atoms with Gasteiger partial charge >= 0.3 is 10.4 Å². The number of rotatable bonds is 13. The van der Waals surface area contributed by atoms with E-state index in [0.29, 0.717) is 12.5 Å². The van der Waals surface area contributed by atoms with E-state index in [4.69, 9.17) is 22.6 Å². The van der Waals surface area contributed by atoms with E-state index < -0.39 is 10.4 Å². The molecule has 2 atom stereocenters. The monoisotopic (exact) mass is 354 g/mol. The summed E-state index contributed by atoms with van der Waals surface area (Å²) in [5.74, 6) is 1.43. The molecule has 0 radical (unpaired) electrons. The average molecular weight is 355 g/mol. The van der Waals surface area contributed by atoms with Crippen molar-refractivity contribution in [2.45, 2.75) is 91.4 Å². The van der Waals surface area contributed by atoms with E-state index >= 15 is 0 Å². The van der Waals surface area contributed by atoms with Crippen LogP contribution in [0.2, 0.25) is 0 Å². The Morgan fingerprint density at radius 2 is 1.04 bits per heavy atom. The van der Waals surface area contributed by atoms with Crippen molar-refractivity contribution in [3.63, 3.8) is 0 Å². The molecule has 142 valence electrons. The maximum atomic E-state index is 8.91. The Bertz CT molecular complexity index is 304. The molecule has 2 unspecified atom stereocenters. The average Bonchev–Trinajstić information content (AvgIpc) is 2.46. The molecule has 0 aliphatic carbocycles. The lowest BCUT2D eigenvalue weighted by atomic mass is 9.99. The van der Waals surface area contributed by atoms with Gasteiger partial charge in [0.1, 0.15) is 0 Å². The molecule has 0 aromatic rings. The van der Waals surface area contributed by atoms with Gasteiger partial charge in [0.15, 0.2) is 0 Å². The second-order valence-electron chi connectivity index (χ2n) is 6.65. The molecule has 0 amide bonds. The van der Waals surface area contributed by atoms with Crippen LogP contribution < -0.4 is 0 Å². The molecule has 0 aromatic carbocycles. The number of unbranched alkanes of at least 4 members (excludes halogenated alkanes) is 7. The first-order valence-corrected chi connectivity index (χ1v) is 10.4. The summed E-state index contributed by atoms with van der Waals surface area (Å²) in [5, 5.41) is 8.91. The number of aliphatic hydroxyl groups excluding tert-OH is 1. The van der Waals surface area contributed by atoms with Crippen LogP contribution in [-0.4, -0.2) is 29.2 Å². The Hall–Kier alpha value is -0.170. The second-order valence-corrected chi connectivity index (χ2v) is 7.55. The van der Waals surface area contributed by atoms with Crippen molar-refractivity contribution in [1.82, 2.24) is 0 Å². The zero-order chi connectivity index (χ0) is 18.1. The van der Waals surface area contributed by atoms with E-state index in [0.717, 1.165) is 5.92 Å². The highest BCUT2D eigenvalue weighted by Crippen LogP contribution is 2.15. The molecule has 0 aliphatic heterocycles. The van der Waals surface area contributed by atoms with Gasteiger partial charge in [-0.25, -0.2) is 0 Å². The smallest absolute Gasteiger partial charge is 0.394 e. The van der Waals surface area contributed by atoms with Crippen LogP contribution in [-0.2, 0) is 10.4 Å². The van der Waals surface area contributed by atoms with Crippen molar-refractivity contribution in [3.05, 3.63) is 0 Å². The van der Waals surface area contributed by atoms with Gasteiger partial charge in [0.05, 0.1) is 0 Å². The Balaban J connectivity index is 0. The van der Waals surface area contributed by atoms with Crippen molar-refractivity contribution >= 4 is 10.4 Å². The van der Waals surface area contributed by atoms with E-state index in [9.17, 15) is 0 Å². The molecule has 5 nitrogen and oxygen atoms in total. The third-order valence-electron chi connectivity index (χ3n) is 4.15. The largest absolute Gasteiger partial charge is 0.396 e. The molecule has 0 fully saturated rings. The van der Waals surface area contributed by atoms with Crippen LogP contribution in [0.4, 0.5) is 0 Å². The van der Waals surface area contributed by atoms with Crippen molar-refractivity contribution in [3.8, 4) is 0 Å². The minimum Gasteiger partial charge on any atom is -0.396 e. The lowest BCUT2D eigenvalue weighted by molar-refractivity contribution is 0.227. The quantitative estimate of drug-likeness (QED) is 0.323. The fraction of sp³-hybridized carbons (Fsp3) is 1.00. The third kappa shape index (κ3) is 30.3. The molecule has 0 aromatic heterocycles. The van der Waals surface area contributed by atoms with Crippen molar-refractivity contribution in [2.75, 3.05) is 6.61 Å². The molecule has 6 heteroatoms. The van der Waals surface area contributed by atoms with Gasteiger partial charge in [-0.3, -0.25) is 9.11 Å². The van der Waals surface area contributed by atoms with Gasteiger partial charge < -0.3 is 5.11 Å². The Morgan fingerprint density at radius 3 is 1.35 bits per heavy atom. The summed E-state index contributed by atoms with van der Waals surface area (Å²) in [5.41, 5.74) is 0. The van der Waals surface area contributed by atoms with Gasteiger partial charge in [-0.1, -0.05) is 85.0 Å². The molecule has 0 aliphatic rings. The molecular formula is C17H38O5S. The molecule has 3 N–H and O–H groups in total. The molecule has 0 spiro atoms.